The summed E-state index contributed by atoms with van der Waals surface area (Å²) in [5, 5.41) is 17.1. The first-order valence-electron chi connectivity index (χ1n) is 8.83. The summed E-state index contributed by atoms with van der Waals surface area (Å²) in [4.78, 5) is 0. The Hall–Kier alpha value is -1.46. The van der Waals surface area contributed by atoms with Crippen LogP contribution in [-0.4, -0.2) is 47.4 Å². The number of ether oxygens (including phenoxy) is 2. The Labute approximate surface area is 170 Å². The Balaban J connectivity index is 2.04. The van der Waals surface area contributed by atoms with Crippen LogP contribution in [-0.2, 0) is 5.41 Å². The quantitative estimate of drug-likeness (QED) is 0.579. The molecule has 27 heavy (non-hydrogen) atoms. The third-order valence-corrected chi connectivity index (χ3v) is 4.94. The Morgan fingerprint density at radius 2 is 1.07 bits per heavy atom. The van der Waals surface area contributed by atoms with E-state index in [2.05, 4.69) is 13.8 Å². The highest BCUT2D eigenvalue weighted by Gasteiger charge is 2.23. The molecule has 2 atom stereocenters. The van der Waals surface area contributed by atoms with E-state index in [0.717, 1.165) is 22.6 Å². The van der Waals surface area contributed by atoms with E-state index < -0.39 is 10.8 Å². The Bertz CT molecular complexity index is 627. The summed E-state index contributed by atoms with van der Waals surface area (Å²) in [7, 11) is 0. The molecule has 148 valence electrons. The molecule has 0 aliphatic carbocycles. The lowest BCUT2D eigenvalue weighted by Gasteiger charge is -2.26. The van der Waals surface area contributed by atoms with Crippen molar-refractivity contribution in [2.45, 2.75) is 30.0 Å². The van der Waals surface area contributed by atoms with Crippen LogP contribution in [0.2, 0.25) is 0 Å². The van der Waals surface area contributed by atoms with Crippen molar-refractivity contribution in [3.63, 3.8) is 0 Å². The van der Waals surface area contributed by atoms with E-state index in [4.69, 9.17) is 42.9 Å². The molecule has 0 aromatic heterocycles. The zero-order valence-electron chi connectivity index (χ0n) is 15.6. The van der Waals surface area contributed by atoms with Gasteiger partial charge in [0.15, 0.2) is 0 Å². The highest BCUT2D eigenvalue weighted by Crippen LogP contribution is 2.33. The molecule has 0 heterocycles. The number of hydrogen-bond acceptors (Lipinski definition) is 4. The van der Waals surface area contributed by atoms with Crippen molar-refractivity contribution in [1.29, 1.82) is 0 Å². The van der Waals surface area contributed by atoms with Crippen LogP contribution in [0, 0.1) is 0 Å². The van der Waals surface area contributed by atoms with Gasteiger partial charge in [-0.3, -0.25) is 0 Å². The minimum Gasteiger partial charge on any atom is -0.492 e. The summed E-state index contributed by atoms with van der Waals surface area (Å²) >= 11 is 11.7. The Morgan fingerprint density at radius 3 is 1.37 bits per heavy atom. The molecule has 4 nitrogen and oxygen atoms in total. The zero-order valence-corrected chi connectivity index (χ0v) is 17.1. The lowest BCUT2D eigenvalue weighted by molar-refractivity contribution is 0.237. The van der Waals surface area contributed by atoms with Crippen LogP contribution in [0.25, 0.3) is 0 Å². The molecular formula is C21H26Cl2O4. The van der Waals surface area contributed by atoms with Gasteiger partial charge in [-0.1, -0.05) is 38.1 Å². The smallest absolute Gasteiger partial charge is 0.119 e. The van der Waals surface area contributed by atoms with Crippen LogP contribution in [0.4, 0.5) is 0 Å². The molecule has 0 fully saturated rings. The van der Waals surface area contributed by atoms with Gasteiger partial charge in [0, 0.05) is 5.41 Å². The normalized spacial score (nSPS) is 13.9. The van der Waals surface area contributed by atoms with Crippen molar-refractivity contribution in [2.24, 2.45) is 0 Å². The first-order chi connectivity index (χ1) is 12.9. The maximum Gasteiger partial charge on any atom is 0.119 e. The molecule has 2 unspecified atom stereocenters. The predicted molar refractivity (Wildman–Crippen MR) is 109 cm³/mol. The largest absolute Gasteiger partial charge is 0.492 e. The van der Waals surface area contributed by atoms with E-state index in [1.54, 1.807) is 0 Å². The van der Waals surface area contributed by atoms with Crippen LogP contribution < -0.4 is 9.47 Å². The highest BCUT2D eigenvalue weighted by molar-refractivity contribution is 6.21. The number of halogens is 2. The number of rotatable bonds is 10. The average molecular weight is 413 g/mol. The molecule has 0 saturated heterocycles. The molecule has 2 rings (SSSR count). The summed E-state index contributed by atoms with van der Waals surface area (Å²) in [6, 6.07) is 15.7. The molecule has 2 aromatic rings. The minimum atomic E-state index is -0.409. The fourth-order valence-corrected chi connectivity index (χ4v) is 2.71. The Morgan fingerprint density at radius 1 is 0.741 bits per heavy atom. The average Bonchev–Trinajstić information content (AvgIpc) is 2.70. The second-order valence-corrected chi connectivity index (χ2v) is 8.09. The molecule has 0 radical (unpaired) electrons. The van der Waals surface area contributed by atoms with Gasteiger partial charge < -0.3 is 19.7 Å². The number of hydrogen-bond donors (Lipinski definition) is 2. The predicted octanol–water partition coefficient (Wildman–Crippen LogP) is 3.97. The minimum absolute atomic E-state index is 0.113. The maximum absolute atomic E-state index is 8.94. The Kier molecular flexibility index (Phi) is 8.24. The van der Waals surface area contributed by atoms with Crippen molar-refractivity contribution in [1.82, 2.24) is 0 Å². The summed E-state index contributed by atoms with van der Waals surface area (Å²) in [6.45, 7) is 4.61. The van der Waals surface area contributed by atoms with Gasteiger partial charge in [-0.05, 0) is 35.4 Å². The summed E-state index contributed by atoms with van der Waals surface area (Å²) in [6.07, 6.45) is 0. The van der Waals surface area contributed by atoms with Crippen LogP contribution in [0.15, 0.2) is 48.5 Å². The summed E-state index contributed by atoms with van der Waals surface area (Å²) < 4.78 is 11.1. The van der Waals surface area contributed by atoms with E-state index in [1.807, 2.05) is 48.5 Å². The third-order valence-electron chi connectivity index (χ3n) is 4.41. The van der Waals surface area contributed by atoms with Crippen LogP contribution in [0.1, 0.15) is 25.0 Å². The van der Waals surface area contributed by atoms with Gasteiger partial charge in [0.1, 0.15) is 24.7 Å². The second kappa shape index (κ2) is 10.2. The lowest BCUT2D eigenvalue weighted by atomic mass is 9.78. The monoisotopic (exact) mass is 412 g/mol. The topological polar surface area (TPSA) is 58.9 Å². The molecule has 0 spiro atoms. The van der Waals surface area contributed by atoms with Crippen molar-refractivity contribution < 1.29 is 19.7 Å². The molecule has 0 aliphatic heterocycles. The highest BCUT2D eigenvalue weighted by atomic mass is 35.5. The van der Waals surface area contributed by atoms with E-state index >= 15 is 0 Å². The SMILES string of the molecule is CC(C)(c1ccc(OCC(Cl)CO)cc1)c1ccc(OCC(Cl)CO)cc1. The molecule has 2 aromatic carbocycles. The van der Waals surface area contributed by atoms with Crippen LogP contribution >= 0.6 is 23.2 Å². The van der Waals surface area contributed by atoms with Gasteiger partial charge in [-0.15, -0.1) is 23.2 Å². The van der Waals surface area contributed by atoms with E-state index in [0.29, 0.717) is 0 Å². The molecular weight excluding hydrogens is 387 g/mol. The zero-order chi connectivity index (χ0) is 19.9. The first-order valence-corrected chi connectivity index (χ1v) is 9.70. The van der Waals surface area contributed by atoms with Gasteiger partial charge in [0.25, 0.3) is 0 Å². The molecule has 0 aliphatic rings. The van der Waals surface area contributed by atoms with E-state index in [1.165, 1.54) is 0 Å². The fourth-order valence-electron chi connectivity index (χ4n) is 2.58. The van der Waals surface area contributed by atoms with Gasteiger partial charge in [0.2, 0.25) is 0 Å². The first kappa shape index (κ1) is 21.8. The summed E-state index contributed by atoms with van der Waals surface area (Å²) in [5.74, 6) is 1.44. The number of alkyl halides is 2. The third kappa shape index (κ3) is 6.28. The van der Waals surface area contributed by atoms with Crippen molar-refractivity contribution in [3.8, 4) is 11.5 Å². The van der Waals surface area contributed by atoms with Gasteiger partial charge in [0.05, 0.1) is 24.0 Å². The molecule has 2 N–H and O–H groups in total. The van der Waals surface area contributed by atoms with Crippen molar-refractivity contribution in [3.05, 3.63) is 59.7 Å². The fraction of sp³-hybridized carbons (Fsp3) is 0.429. The molecule has 0 bridgehead atoms. The maximum atomic E-state index is 8.94. The van der Waals surface area contributed by atoms with Gasteiger partial charge in [-0.2, -0.15) is 0 Å². The second-order valence-electron chi connectivity index (χ2n) is 6.86. The summed E-state index contributed by atoms with van der Waals surface area (Å²) in [5.41, 5.74) is 2.10. The number of benzene rings is 2. The van der Waals surface area contributed by atoms with E-state index in [-0.39, 0.29) is 31.8 Å². The van der Waals surface area contributed by atoms with Crippen LogP contribution in [0.3, 0.4) is 0 Å². The van der Waals surface area contributed by atoms with Crippen molar-refractivity contribution >= 4 is 23.2 Å². The van der Waals surface area contributed by atoms with Gasteiger partial charge in [-0.25, -0.2) is 0 Å². The lowest BCUT2D eigenvalue weighted by Crippen LogP contribution is -2.19. The molecule has 0 amide bonds. The molecule has 0 saturated carbocycles. The van der Waals surface area contributed by atoms with E-state index in [9.17, 15) is 0 Å². The number of aliphatic hydroxyl groups excluding tert-OH is 2. The van der Waals surface area contributed by atoms with Crippen molar-refractivity contribution in [2.75, 3.05) is 26.4 Å². The van der Waals surface area contributed by atoms with Gasteiger partial charge >= 0.3 is 0 Å². The molecule has 6 heteroatoms. The van der Waals surface area contributed by atoms with Crippen LogP contribution in [0.5, 0.6) is 11.5 Å². The standard InChI is InChI=1S/C21H26Cl2O4/c1-21(2,15-3-7-19(8-4-15)26-13-17(22)11-24)16-5-9-20(10-6-16)27-14-18(23)12-25/h3-10,17-18,24-25H,11-14H2,1-2H3. The number of aliphatic hydroxyl groups is 2.